The van der Waals surface area contributed by atoms with E-state index in [0.29, 0.717) is 38.3 Å². The monoisotopic (exact) mass is 428 g/mol. The highest BCUT2D eigenvalue weighted by atomic mass is 35.5. The van der Waals surface area contributed by atoms with Gasteiger partial charge in [-0.1, -0.05) is 41.4 Å². The van der Waals surface area contributed by atoms with Crippen LogP contribution in [0.5, 0.6) is 5.75 Å². The van der Waals surface area contributed by atoms with Gasteiger partial charge in [-0.15, -0.1) is 0 Å². The van der Waals surface area contributed by atoms with Gasteiger partial charge in [0.05, 0.1) is 19.2 Å². The van der Waals surface area contributed by atoms with E-state index in [1.54, 1.807) is 54.6 Å². The maximum atomic E-state index is 12.4. The Bertz CT molecular complexity index is 1020. The second kappa shape index (κ2) is 9.45. The number of anilines is 2. The Kier molecular flexibility index (Phi) is 6.75. The Morgan fingerprint density at radius 3 is 2.17 bits per heavy atom. The van der Waals surface area contributed by atoms with Crippen molar-refractivity contribution >= 4 is 46.4 Å². The molecule has 0 radical (unpaired) electrons. The molecule has 0 saturated heterocycles. The summed E-state index contributed by atoms with van der Waals surface area (Å²) in [7, 11) is 1.54. The van der Waals surface area contributed by atoms with Crippen LogP contribution in [0.2, 0.25) is 10.0 Å². The Hall–Kier alpha value is -3.02. The number of nitrogens with one attached hydrogen (secondary N) is 2. The molecule has 0 aromatic heterocycles. The predicted molar refractivity (Wildman–Crippen MR) is 116 cm³/mol. The summed E-state index contributed by atoms with van der Waals surface area (Å²) in [5, 5.41) is 6.46. The first kappa shape index (κ1) is 20.7. The minimum atomic E-state index is -0.282. The fraction of sp³-hybridized carbons (Fsp3) is 0.0909. The summed E-state index contributed by atoms with van der Waals surface area (Å²) in [6, 6.07) is 18.8. The van der Waals surface area contributed by atoms with E-state index < -0.39 is 0 Å². The van der Waals surface area contributed by atoms with Gasteiger partial charge in [0.1, 0.15) is 5.75 Å². The summed E-state index contributed by atoms with van der Waals surface area (Å²) in [6.07, 6.45) is 0.0501. The Morgan fingerprint density at radius 2 is 1.52 bits per heavy atom. The highest BCUT2D eigenvalue weighted by Crippen LogP contribution is 2.26. The van der Waals surface area contributed by atoms with E-state index in [2.05, 4.69) is 10.6 Å². The van der Waals surface area contributed by atoms with Crippen LogP contribution in [0.4, 0.5) is 11.4 Å². The highest BCUT2D eigenvalue weighted by Gasteiger charge is 2.12. The summed E-state index contributed by atoms with van der Waals surface area (Å²) < 4.78 is 5.23. The van der Waals surface area contributed by atoms with Crippen LogP contribution >= 0.6 is 23.2 Å². The van der Waals surface area contributed by atoms with Gasteiger partial charge in [0, 0.05) is 21.3 Å². The lowest BCUT2D eigenvalue weighted by Crippen LogP contribution is -2.16. The van der Waals surface area contributed by atoms with Crippen LogP contribution in [0.15, 0.2) is 66.7 Å². The first-order valence-electron chi connectivity index (χ1n) is 8.75. The zero-order valence-corrected chi connectivity index (χ0v) is 17.1. The van der Waals surface area contributed by atoms with Gasteiger partial charge in [0.2, 0.25) is 5.91 Å². The fourth-order valence-electron chi connectivity index (χ4n) is 2.71. The third-order valence-corrected chi connectivity index (χ3v) is 4.89. The highest BCUT2D eigenvalue weighted by molar-refractivity contribution is 6.36. The maximum absolute atomic E-state index is 12.4. The van der Waals surface area contributed by atoms with Crippen LogP contribution < -0.4 is 15.4 Å². The lowest BCUT2D eigenvalue weighted by molar-refractivity contribution is -0.115. The van der Waals surface area contributed by atoms with E-state index in [9.17, 15) is 9.59 Å². The zero-order chi connectivity index (χ0) is 20.8. The van der Waals surface area contributed by atoms with Crippen LogP contribution in [-0.2, 0) is 11.2 Å². The van der Waals surface area contributed by atoms with Gasteiger partial charge in [0.25, 0.3) is 5.91 Å². The van der Waals surface area contributed by atoms with Gasteiger partial charge in [0.15, 0.2) is 0 Å². The second-order valence-corrected chi connectivity index (χ2v) is 6.97. The van der Waals surface area contributed by atoms with Crippen LogP contribution in [0.25, 0.3) is 0 Å². The molecular weight excluding hydrogens is 411 g/mol. The van der Waals surface area contributed by atoms with Crippen molar-refractivity contribution in [3.63, 3.8) is 0 Å². The largest absolute Gasteiger partial charge is 0.495 e. The number of carbonyl (C=O) groups is 2. The van der Waals surface area contributed by atoms with E-state index >= 15 is 0 Å². The van der Waals surface area contributed by atoms with Gasteiger partial charge in [-0.05, 0) is 54.1 Å². The molecule has 7 heteroatoms. The molecule has 0 aliphatic carbocycles. The van der Waals surface area contributed by atoms with Crippen molar-refractivity contribution in [2.75, 3.05) is 17.7 Å². The van der Waals surface area contributed by atoms with Crippen molar-refractivity contribution in [2.45, 2.75) is 6.42 Å². The fourth-order valence-corrected chi connectivity index (χ4v) is 3.25. The molecule has 29 heavy (non-hydrogen) atoms. The third-order valence-electron chi connectivity index (χ3n) is 4.19. The first-order valence-corrected chi connectivity index (χ1v) is 9.50. The molecule has 3 rings (SSSR count). The number of rotatable bonds is 6. The zero-order valence-electron chi connectivity index (χ0n) is 15.5. The quantitative estimate of drug-likeness (QED) is 0.549. The van der Waals surface area contributed by atoms with Gasteiger partial charge < -0.3 is 15.4 Å². The Balaban J connectivity index is 1.64. The molecule has 0 unspecified atom stereocenters. The minimum Gasteiger partial charge on any atom is -0.495 e. The number of benzene rings is 3. The average molecular weight is 429 g/mol. The molecule has 0 spiro atoms. The van der Waals surface area contributed by atoms with Crippen LogP contribution in [0, 0.1) is 0 Å². The molecular formula is C22H18Cl2N2O3. The third kappa shape index (κ3) is 5.28. The number of para-hydroxylation sites is 2. The van der Waals surface area contributed by atoms with E-state index in [1.165, 1.54) is 7.11 Å². The summed E-state index contributed by atoms with van der Waals surface area (Å²) in [5.41, 5.74) is 2.16. The van der Waals surface area contributed by atoms with Gasteiger partial charge >= 0.3 is 0 Å². The number of hydrogen-bond donors (Lipinski definition) is 2. The second-order valence-electron chi connectivity index (χ2n) is 6.16. The summed E-state index contributed by atoms with van der Waals surface area (Å²) >= 11 is 12.2. The summed E-state index contributed by atoms with van der Waals surface area (Å²) in [4.78, 5) is 24.7. The number of hydrogen-bond acceptors (Lipinski definition) is 3. The van der Waals surface area contributed by atoms with Gasteiger partial charge in [-0.3, -0.25) is 9.59 Å². The number of ether oxygens (including phenoxy) is 1. The van der Waals surface area contributed by atoms with Crippen molar-refractivity contribution in [1.82, 2.24) is 0 Å². The molecule has 2 amide bonds. The molecule has 5 nitrogen and oxygen atoms in total. The number of methoxy groups -OCH3 is 1. The van der Waals surface area contributed by atoms with Crippen LogP contribution in [-0.4, -0.2) is 18.9 Å². The number of halogens is 2. The first-order chi connectivity index (χ1) is 14.0. The van der Waals surface area contributed by atoms with Crippen LogP contribution in [0.1, 0.15) is 15.9 Å². The maximum Gasteiger partial charge on any atom is 0.255 e. The average Bonchev–Trinajstić information content (AvgIpc) is 2.72. The molecule has 3 aromatic rings. The summed E-state index contributed by atoms with van der Waals surface area (Å²) in [5.74, 6) is 0.0319. The topological polar surface area (TPSA) is 67.4 Å². The molecule has 0 aliphatic heterocycles. The minimum absolute atomic E-state index is 0.0501. The lowest BCUT2D eigenvalue weighted by atomic mass is 10.1. The van der Waals surface area contributed by atoms with Crippen molar-refractivity contribution in [3.05, 3.63) is 87.9 Å². The normalized spacial score (nSPS) is 10.3. The molecule has 0 fully saturated rings. The Labute approximate surface area is 178 Å². The standard InChI is InChI=1S/C22H18Cl2N2O3/c1-29-20-8-3-2-7-19(20)26-22(28)14-9-11-15(12-10-14)25-21(27)13-16-17(23)5-4-6-18(16)24/h2-12H,13H2,1H3,(H,25,27)(H,26,28). The molecule has 0 bridgehead atoms. The molecule has 0 saturated carbocycles. The molecule has 148 valence electrons. The smallest absolute Gasteiger partial charge is 0.255 e. The molecule has 0 atom stereocenters. The van der Waals surface area contributed by atoms with E-state index in [1.807, 2.05) is 12.1 Å². The van der Waals surface area contributed by atoms with Crippen molar-refractivity contribution in [3.8, 4) is 5.75 Å². The van der Waals surface area contributed by atoms with Crippen molar-refractivity contribution in [1.29, 1.82) is 0 Å². The predicted octanol–water partition coefficient (Wildman–Crippen LogP) is 5.44. The molecule has 3 aromatic carbocycles. The van der Waals surface area contributed by atoms with E-state index in [-0.39, 0.29) is 18.2 Å². The van der Waals surface area contributed by atoms with E-state index in [0.717, 1.165) is 0 Å². The van der Waals surface area contributed by atoms with Crippen LogP contribution in [0.3, 0.4) is 0 Å². The molecule has 2 N–H and O–H groups in total. The summed E-state index contributed by atoms with van der Waals surface area (Å²) in [6.45, 7) is 0. The number of amides is 2. The van der Waals surface area contributed by atoms with E-state index in [4.69, 9.17) is 27.9 Å². The Morgan fingerprint density at radius 1 is 0.862 bits per heavy atom. The number of carbonyl (C=O) groups excluding carboxylic acids is 2. The molecule has 0 aliphatic rings. The SMILES string of the molecule is COc1ccccc1NC(=O)c1ccc(NC(=O)Cc2c(Cl)cccc2Cl)cc1. The van der Waals surface area contributed by atoms with Crippen molar-refractivity contribution < 1.29 is 14.3 Å². The van der Waals surface area contributed by atoms with Gasteiger partial charge in [-0.2, -0.15) is 0 Å². The van der Waals surface area contributed by atoms with Gasteiger partial charge in [-0.25, -0.2) is 0 Å². The molecule has 0 heterocycles. The lowest BCUT2D eigenvalue weighted by Gasteiger charge is -2.11. The van der Waals surface area contributed by atoms with Crippen molar-refractivity contribution in [2.24, 2.45) is 0 Å².